The minimum absolute atomic E-state index is 0.570. The van der Waals surface area contributed by atoms with Crippen LogP contribution in [0.15, 0.2) is 22.7 Å². The molecule has 0 radical (unpaired) electrons. The van der Waals surface area contributed by atoms with Gasteiger partial charge in [0.15, 0.2) is 0 Å². The highest BCUT2D eigenvalue weighted by Gasteiger charge is 2.31. The summed E-state index contributed by atoms with van der Waals surface area (Å²) in [6.45, 7) is 2.53. The second kappa shape index (κ2) is 5.10. The van der Waals surface area contributed by atoms with Gasteiger partial charge in [-0.05, 0) is 50.4 Å². The Bertz CT molecular complexity index is 435. The number of anilines is 2. The van der Waals surface area contributed by atoms with Crippen molar-refractivity contribution >= 4 is 27.3 Å². The zero-order chi connectivity index (χ0) is 12.5. The summed E-state index contributed by atoms with van der Waals surface area (Å²) in [7, 11) is 0. The van der Waals surface area contributed by atoms with Gasteiger partial charge in [-0.2, -0.15) is 0 Å². The molecular weight excluding hydrogens is 290 g/mol. The van der Waals surface area contributed by atoms with E-state index in [-0.39, 0.29) is 0 Å². The number of hydrogen-bond acceptors (Lipinski definition) is 3. The first-order valence-corrected chi connectivity index (χ1v) is 7.57. The third kappa shape index (κ3) is 2.50. The van der Waals surface area contributed by atoms with Crippen molar-refractivity contribution in [2.75, 3.05) is 24.1 Å². The van der Waals surface area contributed by atoms with E-state index >= 15 is 0 Å². The molecule has 3 N–H and O–H groups in total. The van der Waals surface area contributed by atoms with E-state index in [1.54, 1.807) is 0 Å². The predicted octanol–water partition coefficient (Wildman–Crippen LogP) is 3.07. The van der Waals surface area contributed by atoms with Crippen molar-refractivity contribution in [2.45, 2.75) is 37.8 Å². The van der Waals surface area contributed by atoms with Gasteiger partial charge >= 0.3 is 0 Å². The maximum Gasteiger partial charge on any atom is 0.0587 e. The van der Waals surface area contributed by atoms with Crippen LogP contribution in [0, 0.1) is 0 Å². The van der Waals surface area contributed by atoms with Crippen LogP contribution in [0.4, 0.5) is 11.4 Å². The summed E-state index contributed by atoms with van der Waals surface area (Å²) in [6, 6.07) is 7.39. The third-order valence-corrected chi connectivity index (χ3v) is 4.69. The Hall–Kier alpha value is -0.740. The van der Waals surface area contributed by atoms with E-state index in [1.807, 2.05) is 12.1 Å². The highest BCUT2D eigenvalue weighted by molar-refractivity contribution is 9.10. The van der Waals surface area contributed by atoms with Crippen molar-refractivity contribution in [2.24, 2.45) is 0 Å². The van der Waals surface area contributed by atoms with Crippen LogP contribution in [-0.2, 0) is 0 Å². The van der Waals surface area contributed by atoms with Crippen molar-refractivity contribution < 1.29 is 0 Å². The zero-order valence-electron chi connectivity index (χ0n) is 10.5. The first-order chi connectivity index (χ1) is 8.72. The van der Waals surface area contributed by atoms with Crippen LogP contribution in [-0.4, -0.2) is 30.1 Å². The molecule has 0 aromatic heterocycles. The van der Waals surface area contributed by atoms with Crippen LogP contribution < -0.4 is 11.1 Å². The summed E-state index contributed by atoms with van der Waals surface area (Å²) < 4.78 is 1.08. The molecule has 18 heavy (non-hydrogen) atoms. The molecular formula is C14H20BrN3. The number of nitrogen functional groups attached to an aromatic ring is 1. The first kappa shape index (κ1) is 12.3. The SMILES string of the molecule is Nc1ccc(Br)cc1NC1CCN2CCCC2C1. The van der Waals surface area contributed by atoms with Crippen LogP contribution in [0.25, 0.3) is 0 Å². The largest absolute Gasteiger partial charge is 0.397 e. The topological polar surface area (TPSA) is 41.3 Å². The lowest BCUT2D eigenvalue weighted by atomic mass is 9.97. The maximum atomic E-state index is 6.02. The Labute approximate surface area is 117 Å². The summed E-state index contributed by atoms with van der Waals surface area (Å²) in [4.78, 5) is 2.64. The molecule has 4 heteroatoms. The monoisotopic (exact) mass is 309 g/mol. The van der Waals surface area contributed by atoms with Gasteiger partial charge in [0.05, 0.1) is 11.4 Å². The van der Waals surface area contributed by atoms with Gasteiger partial charge in [-0.1, -0.05) is 15.9 Å². The van der Waals surface area contributed by atoms with Gasteiger partial charge in [0.2, 0.25) is 0 Å². The van der Waals surface area contributed by atoms with Gasteiger partial charge < -0.3 is 16.0 Å². The van der Waals surface area contributed by atoms with E-state index in [2.05, 4.69) is 32.2 Å². The quantitative estimate of drug-likeness (QED) is 0.825. The summed E-state index contributed by atoms with van der Waals surface area (Å²) in [5.74, 6) is 0. The lowest BCUT2D eigenvalue weighted by Crippen LogP contribution is -2.42. The molecule has 2 saturated heterocycles. The van der Waals surface area contributed by atoms with Crippen LogP contribution in [0.1, 0.15) is 25.7 Å². The molecule has 2 aliphatic heterocycles. The Kier molecular flexibility index (Phi) is 3.48. The van der Waals surface area contributed by atoms with Crippen LogP contribution in [0.5, 0.6) is 0 Å². The van der Waals surface area contributed by atoms with Crippen LogP contribution in [0.2, 0.25) is 0 Å². The molecule has 0 spiro atoms. The molecule has 0 aliphatic carbocycles. The van der Waals surface area contributed by atoms with Gasteiger partial charge in [-0.15, -0.1) is 0 Å². The predicted molar refractivity (Wildman–Crippen MR) is 79.8 cm³/mol. The summed E-state index contributed by atoms with van der Waals surface area (Å²) >= 11 is 3.50. The highest BCUT2D eigenvalue weighted by atomic mass is 79.9. The molecule has 2 fully saturated rings. The van der Waals surface area contributed by atoms with Gasteiger partial charge in [0.25, 0.3) is 0 Å². The molecule has 2 unspecified atom stereocenters. The van der Waals surface area contributed by atoms with Crippen molar-refractivity contribution in [3.8, 4) is 0 Å². The van der Waals surface area contributed by atoms with Crippen LogP contribution in [0.3, 0.4) is 0 Å². The Morgan fingerprint density at radius 1 is 1.28 bits per heavy atom. The molecule has 1 aromatic carbocycles. The number of rotatable bonds is 2. The van der Waals surface area contributed by atoms with Crippen molar-refractivity contribution in [1.29, 1.82) is 0 Å². The normalized spacial score (nSPS) is 28.1. The Morgan fingerprint density at radius 3 is 3.06 bits per heavy atom. The standard InChI is InChI=1S/C14H20BrN3/c15-10-3-4-13(16)14(8-10)17-11-5-7-18-6-1-2-12(18)9-11/h3-4,8,11-12,17H,1-2,5-7,9,16H2. The van der Waals surface area contributed by atoms with Crippen molar-refractivity contribution in [3.05, 3.63) is 22.7 Å². The number of nitrogens with two attached hydrogens (primary N) is 1. The summed E-state index contributed by atoms with van der Waals surface area (Å²) in [6.07, 6.45) is 5.22. The van der Waals surface area contributed by atoms with Gasteiger partial charge in [0.1, 0.15) is 0 Å². The van der Waals surface area contributed by atoms with E-state index in [9.17, 15) is 0 Å². The smallest absolute Gasteiger partial charge is 0.0587 e. The van der Waals surface area contributed by atoms with Gasteiger partial charge in [-0.3, -0.25) is 0 Å². The molecule has 2 heterocycles. The third-order valence-electron chi connectivity index (χ3n) is 4.20. The first-order valence-electron chi connectivity index (χ1n) is 6.78. The number of piperidine rings is 1. The average molecular weight is 310 g/mol. The molecule has 2 aliphatic rings. The van der Waals surface area contributed by atoms with E-state index in [0.717, 1.165) is 21.9 Å². The number of halogens is 1. The van der Waals surface area contributed by atoms with Gasteiger partial charge in [-0.25, -0.2) is 0 Å². The van der Waals surface area contributed by atoms with Gasteiger partial charge in [0, 0.05) is 23.1 Å². The molecule has 2 atom stereocenters. The minimum atomic E-state index is 0.570. The van der Waals surface area contributed by atoms with Crippen molar-refractivity contribution in [1.82, 2.24) is 4.90 Å². The highest BCUT2D eigenvalue weighted by Crippen LogP contribution is 2.30. The van der Waals surface area contributed by atoms with E-state index in [1.165, 1.54) is 38.8 Å². The number of fused-ring (bicyclic) bond motifs is 1. The summed E-state index contributed by atoms with van der Waals surface area (Å²) in [5, 5.41) is 3.62. The molecule has 1 aromatic rings. The fourth-order valence-corrected chi connectivity index (χ4v) is 3.59. The van der Waals surface area contributed by atoms with E-state index in [0.29, 0.717) is 6.04 Å². The molecule has 0 bridgehead atoms. The lowest BCUT2D eigenvalue weighted by molar-refractivity contribution is 0.188. The number of nitrogens with zero attached hydrogens (tertiary/aromatic N) is 1. The molecule has 0 saturated carbocycles. The second-order valence-corrected chi connectivity index (χ2v) is 6.34. The van der Waals surface area contributed by atoms with Crippen LogP contribution >= 0.6 is 15.9 Å². The fourth-order valence-electron chi connectivity index (χ4n) is 3.23. The van der Waals surface area contributed by atoms with E-state index in [4.69, 9.17) is 5.73 Å². The molecule has 3 rings (SSSR count). The number of nitrogens with one attached hydrogen (secondary N) is 1. The second-order valence-electron chi connectivity index (χ2n) is 5.43. The van der Waals surface area contributed by atoms with Crippen molar-refractivity contribution in [3.63, 3.8) is 0 Å². The average Bonchev–Trinajstić information content (AvgIpc) is 2.81. The Balaban J connectivity index is 1.67. The fraction of sp³-hybridized carbons (Fsp3) is 0.571. The number of benzene rings is 1. The summed E-state index contributed by atoms with van der Waals surface area (Å²) in [5.41, 5.74) is 7.93. The maximum absolute atomic E-state index is 6.02. The zero-order valence-corrected chi connectivity index (χ0v) is 12.1. The lowest BCUT2D eigenvalue weighted by Gasteiger charge is -2.35. The van der Waals surface area contributed by atoms with E-state index < -0.39 is 0 Å². The molecule has 0 amide bonds. The minimum Gasteiger partial charge on any atom is -0.397 e. The Morgan fingerprint density at radius 2 is 2.17 bits per heavy atom. The molecule has 3 nitrogen and oxygen atoms in total. The number of hydrogen-bond donors (Lipinski definition) is 2. The molecule has 98 valence electrons.